The number of nitrogens with one attached hydrogen (secondary N) is 1. The first kappa shape index (κ1) is 12.6. The van der Waals surface area contributed by atoms with Crippen molar-refractivity contribution in [1.82, 2.24) is 15.4 Å². The van der Waals surface area contributed by atoms with Crippen LogP contribution in [-0.4, -0.2) is 41.6 Å². The zero-order chi connectivity index (χ0) is 13.0. The number of piperidine rings is 1. The highest BCUT2D eigenvalue weighted by Crippen LogP contribution is 2.12. The van der Waals surface area contributed by atoms with Crippen molar-refractivity contribution in [3.05, 3.63) is 17.5 Å². The molecule has 6 heteroatoms. The van der Waals surface area contributed by atoms with Crippen molar-refractivity contribution in [1.29, 1.82) is 5.26 Å². The molecule has 18 heavy (non-hydrogen) atoms. The Morgan fingerprint density at radius 1 is 1.67 bits per heavy atom. The summed E-state index contributed by atoms with van der Waals surface area (Å²) in [4.78, 5) is 14.0. The van der Waals surface area contributed by atoms with E-state index in [1.165, 1.54) is 6.20 Å². The Labute approximate surface area is 106 Å². The first-order chi connectivity index (χ1) is 8.70. The van der Waals surface area contributed by atoms with E-state index in [9.17, 15) is 4.79 Å². The molecule has 1 aromatic rings. The second-order valence-electron chi connectivity index (χ2n) is 4.48. The Morgan fingerprint density at radius 3 is 2.94 bits per heavy atom. The molecule has 1 aromatic heterocycles. The molecule has 1 N–H and O–H groups in total. The van der Waals surface area contributed by atoms with Crippen LogP contribution in [0.1, 0.15) is 29.0 Å². The lowest BCUT2D eigenvalue weighted by Crippen LogP contribution is -2.44. The van der Waals surface area contributed by atoms with Crippen LogP contribution in [0.15, 0.2) is 10.7 Å². The molecule has 2 heterocycles. The Morgan fingerprint density at radius 2 is 2.39 bits per heavy atom. The second kappa shape index (κ2) is 5.65. The van der Waals surface area contributed by atoms with Gasteiger partial charge < -0.3 is 9.84 Å². The number of aromatic nitrogens is 1. The number of amides is 1. The number of rotatable bonds is 3. The molecule has 1 amide bonds. The highest BCUT2D eigenvalue weighted by Gasteiger charge is 2.22. The Bertz CT molecular complexity index is 455. The average molecular weight is 248 g/mol. The topological polar surface area (TPSA) is 82.2 Å². The molecule has 0 radical (unpaired) electrons. The lowest BCUT2D eigenvalue weighted by atomic mass is 10.0. The standard InChI is InChI=1S/C12H16N4O2/c1-9-11(8-14-18-9)12(17)15-10-2-5-16(6-3-10)7-4-13/h8,10H,2-3,5-7H2,1H3,(H,15,17). The summed E-state index contributed by atoms with van der Waals surface area (Å²) < 4.78 is 4.87. The van der Waals surface area contributed by atoms with Crippen molar-refractivity contribution in [3.63, 3.8) is 0 Å². The van der Waals surface area contributed by atoms with Gasteiger partial charge in [0.05, 0.1) is 18.8 Å². The Hall–Kier alpha value is -1.87. The Balaban J connectivity index is 1.84. The molecule has 96 valence electrons. The molecular weight excluding hydrogens is 232 g/mol. The number of likely N-dealkylation sites (tertiary alicyclic amines) is 1. The van der Waals surface area contributed by atoms with Gasteiger partial charge in [-0.3, -0.25) is 9.69 Å². The van der Waals surface area contributed by atoms with E-state index in [4.69, 9.17) is 9.78 Å². The van der Waals surface area contributed by atoms with Gasteiger partial charge in [-0.05, 0) is 19.8 Å². The fraction of sp³-hybridized carbons (Fsp3) is 0.583. The van der Waals surface area contributed by atoms with E-state index in [1.54, 1.807) is 6.92 Å². The molecule has 6 nitrogen and oxygen atoms in total. The van der Waals surface area contributed by atoms with Crippen molar-refractivity contribution in [2.45, 2.75) is 25.8 Å². The smallest absolute Gasteiger partial charge is 0.256 e. The van der Waals surface area contributed by atoms with Gasteiger partial charge in [0, 0.05) is 19.1 Å². The van der Waals surface area contributed by atoms with Crippen LogP contribution in [0.4, 0.5) is 0 Å². The minimum atomic E-state index is -0.132. The monoisotopic (exact) mass is 248 g/mol. The first-order valence-corrected chi connectivity index (χ1v) is 6.02. The van der Waals surface area contributed by atoms with Gasteiger partial charge in [0.1, 0.15) is 11.3 Å². The van der Waals surface area contributed by atoms with E-state index in [0.717, 1.165) is 25.9 Å². The van der Waals surface area contributed by atoms with Gasteiger partial charge in [0.25, 0.3) is 5.91 Å². The number of hydrogen-bond donors (Lipinski definition) is 1. The zero-order valence-corrected chi connectivity index (χ0v) is 10.3. The summed E-state index contributed by atoms with van der Waals surface area (Å²) in [5.41, 5.74) is 0.495. The van der Waals surface area contributed by atoms with Crippen LogP contribution in [0.3, 0.4) is 0 Å². The lowest BCUT2D eigenvalue weighted by Gasteiger charge is -2.30. The van der Waals surface area contributed by atoms with Gasteiger partial charge >= 0.3 is 0 Å². The second-order valence-corrected chi connectivity index (χ2v) is 4.48. The van der Waals surface area contributed by atoms with Gasteiger partial charge in [-0.15, -0.1) is 0 Å². The summed E-state index contributed by atoms with van der Waals surface area (Å²) in [7, 11) is 0. The SMILES string of the molecule is Cc1oncc1C(=O)NC1CCN(CC#N)CC1. The minimum absolute atomic E-state index is 0.132. The maximum absolute atomic E-state index is 11.9. The molecule has 1 fully saturated rings. The Kier molecular flexibility index (Phi) is 3.95. The summed E-state index contributed by atoms with van der Waals surface area (Å²) in [6, 6.07) is 2.31. The molecule has 1 saturated heterocycles. The van der Waals surface area contributed by atoms with Crippen LogP contribution in [0.5, 0.6) is 0 Å². The summed E-state index contributed by atoms with van der Waals surface area (Å²) >= 11 is 0. The van der Waals surface area contributed by atoms with Crippen molar-refractivity contribution in [2.24, 2.45) is 0 Å². The lowest BCUT2D eigenvalue weighted by molar-refractivity contribution is 0.0913. The fourth-order valence-electron chi connectivity index (χ4n) is 2.12. The third-order valence-electron chi connectivity index (χ3n) is 3.21. The van der Waals surface area contributed by atoms with Crippen LogP contribution >= 0.6 is 0 Å². The first-order valence-electron chi connectivity index (χ1n) is 6.02. The van der Waals surface area contributed by atoms with Crippen LogP contribution in [0.25, 0.3) is 0 Å². The largest absolute Gasteiger partial charge is 0.361 e. The van der Waals surface area contributed by atoms with Crippen molar-refractivity contribution in [2.75, 3.05) is 19.6 Å². The summed E-state index contributed by atoms with van der Waals surface area (Å²) in [6.07, 6.45) is 3.19. The quantitative estimate of drug-likeness (QED) is 0.796. The van der Waals surface area contributed by atoms with Crippen LogP contribution in [0.2, 0.25) is 0 Å². The van der Waals surface area contributed by atoms with E-state index in [0.29, 0.717) is 17.9 Å². The van der Waals surface area contributed by atoms with E-state index in [-0.39, 0.29) is 11.9 Å². The predicted octanol–water partition coefficient (Wildman–Crippen LogP) is 0.701. The number of carbonyl (C=O) groups is 1. The van der Waals surface area contributed by atoms with Crippen molar-refractivity contribution >= 4 is 5.91 Å². The van der Waals surface area contributed by atoms with Crippen LogP contribution in [0, 0.1) is 18.3 Å². The number of nitrogens with zero attached hydrogens (tertiary/aromatic N) is 3. The molecule has 0 saturated carbocycles. The maximum Gasteiger partial charge on any atom is 0.256 e. The van der Waals surface area contributed by atoms with Crippen molar-refractivity contribution < 1.29 is 9.32 Å². The van der Waals surface area contributed by atoms with Crippen LogP contribution in [-0.2, 0) is 0 Å². The van der Waals surface area contributed by atoms with Gasteiger partial charge in [-0.2, -0.15) is 5.26 Å². The molecule has 2 rings (SSSR count). The third-order valence-corrected chi connectivity index (χ3v) is 3.21. The van der Waals surface area contributed by atoms with E-state index in [1.807, 2.05) is 0 Å². The normalized spacial score (nSPS) is 17.3. The molecule has 0 bridgehead atoms. The molecule has 0 aromatic carbocycles. The molecule has 0 unspecified atom stereocenters. The van der Waals surface area contributed by atoms with E-state index in [2.05, 4.69) is 21.4 Å². The van der Waals surface area contributed by atoms with Gasteiger partial charge in [-0.1, -0.05) is 5.16 Å². The summed E-state index contributed by atoms with van der Waals surface area (Å²) in [5.74, 6) is 0.405. The minimum Gasteiger partial charge on any atom is -0.361 e. The van der Waals surface area contributed by atoms with E-state index < -0.39 is 0 Å². The zero-order valence-electron chi connectivity index (χ0n) is 10.3. The molecule has 1 aliphatic rings. The van der Waals surface area contributed by atoms with Crippen LogP contribution < -0.4 is 5.32 Å². The van der Waals surface area contributed by atoms with Gasteiger partial charge in [0.15, 0.2) is 0 Å². The molecule has 0 aliphatic carbocycles. The van der Waals surface area contributed by atoms with Crippen molar-refractivity contribution in [3.8, 4) is 6.07 Å². The third kappa shape index (κ3) is 2.87. The average Bonchev–Trinajstić information content (AvgIpc) is 2.78. The molecule has 1 aliphatic heterocycles. The highest BCUT2D eigenvalue weighted by atomic mass is 16.5. The molecule has 0 atom stereocenters. The van der Waals surface area contributed by atoms with Gasteiger partial charge in [0.2, 0.25) is 0 Å². The number of aryl methyl sites for hydroxylation is 1. The predicted molar refractivity (Wildman–Crippen MR) is 63.8 cm³/mol. The number of nitriles is 1. The number of carbonyl (C=O) groups excluding carboxylic acids is 1. The molecule has 0 spiro atoms. The summed E-state index contributed by atoms with van der Waals surface area (Å²) in [6.45, 7) is 3.88. The fourth-order valence-corrected chi connectivity index (χ4v) is 2.12. The van der Waals surface area contributed by atoms with E-state index >= 15 is 0 Å². The molecular formula is C12H16N4O2. The highest BCUT2D eigenvalue weighted by molar-refractivity contribution is 5.94. The number of hydrogen-bond acceptors (Lipinski definition) is 5. The summed E-state index contributed by atoms with van der Waals surface area (Å²) in [5, 5.41) is 15.2. The maximum atomic E-state index is 11.9. The van der Waals surface area contributed by atoms with Gasteiger partial charge in [-0.25, -0.2) is 0 Å².